The first-order chi connectivity index (χ1) is 18.9. The Morgan fingerprint density at radius 2 is 1.67 bits per heavy atom. The van der Waals surface area contributed by atoms with Gasteiger partial charge < -0.3 is 25.0 Å². The number of hydrogen-bond donors (Lipinski definition) is 2. The maximum atomic E-state index is 12.0. The number of aldehydes is 1. The van der Waals surface area contributed by atoms with Gasteiger partial charge in [0.25, 0.3) is 0 Å². The normalized spacial score (nSPS) is 19.8. The van der Waals surface area contributed by atoms with Crippen molar-refractivity contribution in [1.29, 1.82) is 0 Å². The first-order valence-corrected chi connectivity index (χ1v) is 13.5. The highest BCUT2D eigenvalue weighted by molar-refractivity contribution is 5.91. The molecule has 3 N–H and O–H groups in total. The van der Waals surface area contributed by atoms with Crippen LogP contribution in [-0.2, 0) is 15.6 Å². The molecule has 1 atom stereocenters. The number of hydrogen-bond acceptors (Lipinski definition) is 7. The maximum Gasteiger partial charge on any atom is 0.162 e. The summed E-state index contributed by atoms with van der Waals surface area (Å²) in [4.78, 5) is 28.0. The monoisotopic (exact) mass is 525 g/mol. The van der Waals surface area contributed by atoms with Gasteiger partial charge >= 0.3 is 0 Å². The molecule has 2 aromatic heterocycles. The zero-order chi connectivity index (χ0) is 27.3. The summed E-state index contributed by atoms with van der Waals surface area (Å²) in [5.74, 6) is 2.21. The molecule has 4 aromatic rings. The molecule has 39 heavy (non-hydrogen) atoms. The zero-order valence-electron chi connectivity index (χ0n) is 22.7. The summed E-state index contributed by atoms with van der Waals surface area (Å²) in [6.45, 7) is 3.87. The number of nitrogens with two attached hydrogens (primary N) is 1. The average molecular weight is 526 g/mol. The predicted octanol–water partition coefficient (Wildman–Crippen LogP) is 4.63. The van der Waals surface area contributed by atoms with E-state index in [1.54, 1.807) is 14.2 Å². The van der Waals surface area contributed by atoms with Gasteiger partial charge in [-0.05, 0) is 69.5 Å². The summed E-state index contributed by atoms with van der Waals surface area (Å²) in [7, 11) is 3.21. The third-order valence-corrected chi connectivity index (χ3v) is 9.33. The van der Waals surface area contributed by atoms with E-state index >= 15 is 0 Å². The number of piperidine rings is 1. The van der Waals surface area contributed by atoms with Gasteiger partial charge in [-0.25, -0.2) is 9.97 Å². The highest BCUT2D eigenvalue weighted by Crippen LogP contribution is 2.55. The molecule has 1 aliphatic heterocycles. The predicted molar refractivity (Wildman–Crippen MR) is 151 cm³/mol. The van der Waals surface area contributed by atoms with Crippen molar-refractivity contribution in [2.45, 2.75) is 49.0 Å². The molecule has 0 spiro atoms. The Morgan fingerprint density at radius 3 is 2.26 bits per heavy atom. The molecule has 6 rings (SSSR count). The molecule has 0 radical (unpaired) electrons. The second-order valence-corrected chi connectivity index (χ2v) is 11.0. The zero-order valence-corrected chi connectivity index (χ0v) is 22.7. The second-order valence-electron chi connectivity index (χ2n) is 11.0. The molecular weight excluding hydrogens is 490 g/mol. The third kappa shape index (κ3) is 3.80. The Labute approximate surface area is 228 Å². The number of carbonyl (C=O) groups excluding carboxylic acids is 1. The van der Waals surface area contributed by atoms with Crippen molar-refractivity contribution >= 4 is 23.0 Å². The summed E-state index contributed by atoms with van der Waals surface area (Å²) in [5, 5.41) is 0.718. The lowest BCUT2D eigenvalue weighted by Gasteiger charge is -2.53. The van der Waals surface area contributed by atoms with Gasteiger partial charge in [-0.1, -0.05) is 30.3 Å². The topological polar surface area (TPSA) is 106 Å². The number of aromatic amines is 1. The molecule has 3 heterocycles. The van der Waals surface area contributed by atoms with Crippen molar-refractivity contribution in [3.63, 3.8) is 0 Å². The van der Waals surface area contributed by atoms with Crippen molar-refractivity contribution in [2.24, 2.45) is 0 Å². The van der Waals surface area contributed by atoms with Gasteiger partial charge in [0.05, 0.1) is 30.7 Å². The fourth-order valence-corrected chi connectivity index (χ4v) is 6.74. The molecule has 2 fully saturated rings. The SMILES string of the molecule is COc1cc2nc(C(C)(c3ccc[nH]3)C3(c4ccccc4)CCN(C4(C=O)CC4)CC3)nc(N)c2cc1OC. The van der Waals surface area contributed by atoms with Crippen LogP contribution in [0.1, 0.15) is 49.7 Å². The van der Waals surface area contributed by atoms with Crippen molar-refractivity contribution in [3.05, 3.63) is 77.9 Å². The van der Waals surface area contributed by atoms with Crippen LogP contribution >= 0.6 is 0 Å². The van der Waals surface area contributed by atoms with Gasteiger partial charge in [-0.15, -0.1) is 0 Å². The van der Waals surface area contributed by atoms with Crippen molar-refractivity contribution in [1.82, 2.24) is 19.9 Å². The number of methoxy groups -OCH3 is 2. The summed E-state index contributed by atoms with van der Waals surface area (Å²) in [5.41, 5.74) is 8.29. The minimum atomic E-state index is -0.655. The lowest BCUT2D eigenvalue weighted by Crippen LogP contribution is -2.57. The van der Waals surface area contributed by atoms with Gasteiger partial charge in [0.1, 0.15) is 17.9 Å². The van der Waals surface area contributed by atoms with E-state index in [9.17, 15) is 4.79 Å². The number of aromatic nitrogens is 3. The Kier molecular flexibility index (Phi) is 6.10. The average Bonchev–Trinajstić information content (AvgIpc) is 3.59. The van der Waals surface area contributed by atoms with Gasteiger partial charge in [0, 0.05) is 28.8 Å². The number of nitrogens with one attached hydrogen (secondary N) is 1. The van der Waals surface area contributed by atoms with E-state index in [1.165, 1.54) is 5.56 Å². The number of nitrogens with zero attached hydrogens (tertiary/aromatic N) is 3. The molecule has 1 saturated heterocycles. The Balaban J connectivity index is 1.56. The van der Waals surface area contributed by atoms with E-state index in [0.29, 0.717) is 28.7 Å². The lowest BCUT2D eigenvalue weighted by atomic mass is 9.54. The van der Waals surface area contributed by atoms with Gasteiger partial charge in [0.2, 0.25) is 0 Å². The fraction of sp³-hybridized carbons (Fsp3) is 0.387. The molecule has 1 unspecified atom stereocenters. The van der Waals surface area contributed by atoms with E-state index in [2.05, 4.69) is 47.1 Å². The van der Waals surface area contributed by atoms with Gasteiger partial charge in [0.15, 0.2) is 11.5 Å². The summed E-state index contributed by atoms with van der Waals surface area (Å²) in [6, 6.07) is 18.5. The standard InChI is InChI=1S/C31H35N5O3/c1-29(26-10-7-15-33-26,28-34-23-19-25(39-3)24(38-2)18-22(23)27(32)35-28)31(21-8-5-4-6-9-21)13-16-36(17-14-31)30(20-37)11-12-30/h4-10,15,18-20,33H,11-14,16-17H2,1-3H3,(H2,32,34,35). The number of nitrogen functional groups attached to an aromatic ring is 1. The summed E-state index contributed by atoms with van der Waals surface area (Å²) >= 11 is 0. The van der Waals surface area contributed by atoms with E-state index in [0.717, 1.165) is 56.1 Å². The molecule has 1 saturated carbocycles. The highest BCUT2D eigenvalue weighted by Gasteiger charge is 2.58. The van der Waals surface area contributed by atoms with Crippen LogP contribution in [-0.4, -0.2) is 59.0 Å². The van der Waals surface area contributed by atoms with Crippen LogP contribution < -0.4 is 15.2 Å². The highest BCUT2D eigenvalue weighted by atomic mass is 16.5. The molecule has 202 valence electrons. The van der Waals surface area contributed by atoms with Crippen LogP contribution in [0.5, 0.6) is 11.5 Å². The van der Waals surface area contributed by atoms with Crippen LogP contribution in [0, 0.1) is 0 Å². The van der Waals surface area contributed by atoms with Gasteiger partial charge in [-0.3, -0.25) is 4.90 Å². The summed E-state index contributed by atoms with van der Waals surface area (Å²) < 4.78 is 11.1. The van der Waals surface area contributed by atoms with Crippen LogP contribution in [0.2, 0.25) is 0 Å². The molecule has 0 amide bonds. The second kappa shape index (κ2) is 9.38. The Morgan fingerprint density at radius 1 is 0.974 bits per heavy atom. The largest absolute Gasteiger partial charge is 0.493 e. The minimum Gasteiger partial charge on any atom is -0.493 e. The summed E-state index contributed by atoms with van der Waals surface area (Å²) in [6.07, 6.45) is 6.67. The number of benzene rings is 2. The molecule has 1 aliphatic carbocycles. The van der Waals surface area contributed by atoms with E-state index in [4.69, 9.17) is 25.2 Å². The molecule has 2 aromatic carbocycles. The number of ether oxygens (including phenoxy) is 2. The number of fused-ring (bicyclic) bond motifs is 1. The van der Waals surface area contributed by atoms with Gasteiger partial charge in [-0.2, -0.15) is 0 Å². The molecule has 8 heteroatoms. The van der Waals surface area contributed by atoms with E-state index in [1.807, 2.05) is 30.5 Å². The molecule has 0 bridgehead atoms. The van der Waals surface area contributed by atoms with Crippen LogP contribution in [0.15, 0.2) is 60.8 Å². The van der Waals surface area contributed by atoms with Crippen LogP contribution in [0.3, 0.4) is 0 Å². The smallest absolute Gasteiger partial charge is 0.162 e. The van der Waals surface area contributed by atoms with Crippen LogP contribution in [0.25, 0.3) is 10.9 Å². The third-order valence-electron chi connectivity index (χ3n) is 9.33. The minimum absolute atomic E-state index is 0.287. The Hall–Kier alpha value is -3.91. The number of carbonyl (C=O) groups is 1. The number of anilines is 1. The lowest BCUT2D eigenvalue weighted by molar-refractivity contribution is -0.114. The first-order valence-electron chi connectivity index (χ1n) is 13.5. The quantitative estimate of drug-likeness (QED) is 0.323. The first kappa shape index (κ1) is 25.4. The van der Waals surface area contributed by atoms with Crippen LogP contribution in [0.4, 0.5) is 5.82 Å². The fourth-order valence-electron chi connectivity index (χ4n) is 6.74. The maximum absolute atomic E-state index is 12.0. The molecule has 8 nitrogen and oxygen atoms in total. The Bertz CT molecular complexity index is 1490. The molecular formula is C31H35N5O3. The number of rotatable bonds is 8. The number of likely N-dealkylation sites (tertiary alicyclic amines) is 1. The number of H-pyrrole nitrogens is 1. The van der Waals surface area contributed by atoms with E-state index in [-0.39, 0.29) is 11.0 Å². The van der Waals surface area contributed by atoms with Crippen molar-refractivity contribution in [3.8, 4) is 11.5 Å². The van der Waals surface area contributed by atoms with E-state index < -0.39 is 5.41 Å². The van der Waals surface area contributed by atoms with Crippen molar-refractivity contribution < 1.29 is 14.3 Å². The van der Waals surface area contributed by atoms with Crippen molar-refractivity contribution in [2.75, 3.05) is 33.0 Å². The molecule has 2 aliphatic rings.